The molecule has 0 fully saturated rings. The molecule has 0 bridgehead atoms. The molecule has 0 spiro atoms. The maximum absolute atomic E-state index is 12.1. The fourth-order valence-corrected chi connectivity index (χ4v) is 2.10. The van der Waals surface area contributed by atoms with Gasteiger partial charge in [0.05, 0.1) is 14.2 Å². The number of hydrogen-bond acceptors (Lipinski definition) is 3. The Hall–Kier alpha value is -2.20. The topological polar surface area (TPSA) is 47.6 Å². The molecule has 2 aromatic carbocycles. The summed E-state index contributed by atoms with van der Waals surface area (Å²) in [5.74, 6) is 0.902. The highest BCUT2D eigenvalue weighted by Gasteiger charge is 2.11. The number of hydrogen-bond donors (Lipinski definition) is 1. The maximum Gasteiger partial charge on any atom is 0.251 e. The van der Waals surface area contributed by atoms with Crippen LogP contribution in [0.1, 0.15) is 15.9 Å². The Balaban J connectivity index is 2.09. The van der Waals surface area contributed by atoms with Gasteiger partial charge in [0.15, 0.2) is 11.5 Å². The second-order valence-corrected chi connectivity index (χ2v) is 4.75. The molecule has 0 atom stereocenters. The van der Waals surface area contributed by atoms with Crippen LogP contribution in [0.4, 0.5) is 0 Å². The van der Waals surface area contributed by atoms with E-state index in [0.29, 0.717) is 28.6 Å². The fraction of sp³-hybridized carbons (Fsp3) is 0.188. The predicted octanol–water partition coefficient (Wildman–Crippen LogP) is 3.29. The minimum atomic E-state index is -0.198. The van der Waals surface area contributed by atoms with Crippen molar-refractivity contribution in [2.24, 2.45) is 0 Å². The lowest BCUT2D eigenvalue weighted by atomic mass is 10.1. The summed E-state index contributed by atoms with van der Waals surface area (Å²) in [6.07, 6.45) is 0. The molecule has 2 aromatic rings. The number of nitrogens with one attached hydrogen (secondary N) is 1. The molecule has 0 aromatic heterocycles. The molecule has 4 nitrogen and oxygen atoms in total. The van der Waals surface area contributed by atoms with E-state index in [2.05, 4.69) is 5.32 Å². The standard InChI is InChI=1S/C16H16ClNO3/c1-20-14-8-7-11(9-15(14)21-2)16(19)18-10-12-5-3-4-6-13(12)17/h3-9H,10H2,1-2H3,(H,18,19). The Morgan fingerprint density at radius 2 is 1.81 bits per heavy atom. The third-order valence-electron chi connectivity index (χ3n) is 3.04. The number of carbonyl (C=O) groups excluding carboxylic acids is 1. The molecule has 0 aliphatic rings. The summed E-state index contributed by atoms with van der Waals surface area (Å²) in [6.45, 7) is 0.368. The predicted molar refractivity (Wildman–Crippen MR) is 82.2 cm³/mol. The van der Waals surface area contributed by atoms with E-state index in [9.17, 15) is 4.79 Å². The zero-order chi connectivity index (χ0) is 15.2. The highest BCUT2D eigenvalue weighted by molar-refractivity contribution is 6.31. The van der Waals surface area contributed by atoms with E-state index in [4.69, 9.17) is 21.1 Å². The van der Waals surface area contributed by atoms with Crippen LogP contribution in [0.3, 0.4) is 0 Å². The van der Waals surface area contributed by atoms with Crippen molar-refractivity contribution in [2.45, 2.75) is 6.54 Å². The van der Waals surface area contributed by atoms with Gasteiger partial charge >= 0.3 is 0 Å². The lowest BCUT2D eigenvalue weighted by Crippen LogP contribution is -2.22. The van der Waals surface area contributed by atoms with Crippen molar-refractivity contribution >= 4 is 17.5 Å². The number of rotatable bonds is 5. The third kappa shape index (κ3) is 3.67. The highest BCUT2D eigenvalue weighted by atomic mass is 35.5. The largest absolute Gasteiger partial charge is 0.493 e. The number of amides is 1. The molecule has 0 unspecified atom stereocenters. The monoisotopic (exact) mass is 305 g/mol. The number of carbonyl (C=O) groups is 1. The number of methoxy groups -OCH3 is 2. The van der Waals surface area contributed by atoms with Crippen molar-refractivity contribution in [3.63, 3.8) is 0 Å². The van der Waals surface area contributed by atoms with E-state index in [1.54, 1.807) is 31.4 Å². The van der Waals surface area contributed by atoms with Gasteiger partial charge in [-0.2, -0.15) is 0 Å². The van der Waals surface area contributed by atoms with Gasteiger partial charge in [0.2, 0.25) is 0 Å². The molecule has 0 saturated carbocycles. The first-order valence-electron chi connectivity index (χ1n) is 6.39. The van der Waals surface area contributed by atoms with Crippen molar-refractivity contribution in [1.29, 1.82) is 0 Å². The van der Waals surface area contributed by atoms with Gasteiger partial charge in [0.25, 0.3) is 5.91 Å². The van der Waals surface area contributed by atoms with Gasteiger partial charge in [0.1, 0.15) is 0 Å². The van der Waals surface area contributed by atoms with Crippen LogP contribution < -0.4 is 14.8 Å². The van der Waals surface area contributed by atoms with Gasteiger partial charge < -0.3 is 14.8 Å². The molecule has 1 N–H and O–H groups in total. The van der Waals surface area contributed by atoms with E-state index >= 15 is 0 Å². The van der Waals surface area contributed by atoms with E-state index < -0.39 is 0 Å². The summed E-state index contributed by atoms with van der Waals surface area (Å²) in [5.41, 5.74) is 1.37. The first-order chi connectivity index (χ1) is 10.2. The summed E-state index contributed by atoms with van der Waals surface area (Å²) in [6, 6.07) is 12.4. The first-order valence-corrected chi connectivity index (χ1v) is 6.77. The fourth-order valence-electron chi connectivity index (χ4n) is 1.90. The minimum absolute atomic E-state index is 0.198. The third-order valence-corrected chi connectivity index (χ3v) is 3.41. The smallest absolute Gasteiger partial charge is 0.251 e. The summed E-state index contributed by atoms with van der Waals surface area (Å²) >= 11 is 6.05. The molecule has 0 saturated heterocycles. The van der Waals surface area contributed by atoms with E-state index in [-0.39, 0.29) is 5.91 Å². The Kier molecular flexibility index (Phi) is 5.06. The molecule has 2 rings (SSSR count). The van der Waals surface area contributed by atoms with Gasteiger partial charge in [-0.1, -0.05) is 29.8 Å². The van der Waals surface area contributed by atoms with Crippen LogP contribution in [0.2, 0.25) is 5.02 Å². The molecular weight excluding hydrogens is 290 g/mol. The van der Waals surface area contributed by atoms with Gasteiger partial charge in [-0.3, -0.25) is 4.79 Å². The maximum atomic E-state index is 12.1. The SMILES string of the molecule is COc1ccc(C(=O)NCc2ccccc2Cl)cc1OC. The van der Waals surface area contributed by atoms with Gasteiger partial charge in [-0.25, -0.2) is 0 Å². The molecule has 5 heteroatoms. The average Bonchev–Trinajstić information content (AvgIpc) is 2.53. The molecule has 0 heterocycles. The lowest BCUT2D eigenvalue weighted by Gasteiger charge is -2.10. The average molecular weight is 306 g/mol. The molecule has 110 valence electrons. The van der Waals surface area contributed by atoms with Crippen molar-refractivity contribution in [2.75, 3.05) is 14.2 Å². The number of ether oxygens (including phenoxy) is 2. The Labute approximate surface area is 128 Å². The number of halogens is 1. The van der Waals surface area contributed by atoms with Crippen LogP contribution >= 0.6 is 11.6 Å². The number of benzene rings is 2. The normalized spacial score (nSPS) is 10.0. The summed E-state index contributed by atoms with van der Waals surface area (Å²) in [7, 11) is 3.08. The van der Waals surface area contributed by atoms with Crippen LogP contribution in [-0.4, -0.2) is 20.1 Å². The molecule has 0 aliphatic heterocycles. The second kappa shape index (κ2) is 6.99. The molecule has 0 radical (unpaired) electrons. The van der Waals surface area contributed by atoms with Gasteiger partial charge in [-0.05, 0) is 29.8 Å². The first kappa shape index (κ1) is 15.2. The van der Waals surface area contributed by atoms with E-state index in [0.717, 1.165) is 5.56 Å². The van der Waals surface area contributed by atoms with Crippen molar-refractivity contribution in [3.8, 4) is 11.5 Å². The lowest BCUT2D eigenvalue weighted by molar-refractivity contribution is 0.0950. The van der Waals surface area contributed by atoms with Crippen LogP contribution in [0.25, 0.3) is 0 Å². The Morgan fingerprint density at radius 1 is 1.10 bits per heavy atom. The zero-order valence-corrected chi connectivity index (χ0v) is 12.6. The van der Waals surface area contributed by atoms with Gasteiger partial charge in [0, 0.05) is 17.1 Å². The van der Waals surface area contributed by atoms with Gasteiger partial charge in [-0.15, -0.1) is 0 Å². The molecule has 21 heavy (non-hydrogen) atoms. The molecule has 1 amide bonds. The Bertz CT molecular complexity index is 643. The van der Waals surface area contributed by atoms with E-state index in [1.807, 2.05) is 18.2 Å². The van der Waals surface area contributed by atoms with E-state index in [1.165, 1.54) is 7.11 Å². The van der Waals surface area contributed by atoms with Crippen LogP contribution in [0.15, 0.2) is 42.5 Å². The van der Waals surface area contributed by atoms with Crippen molar-refractivity contribution in [3.05, 3.63) is 58.6 Å². The summed E-state index contributed by atoms with van der Waals surface area (Å²) < 4.78 is 10.3. The zero-order valence-electron chi connectivity index (χ0n) is 11.9. The quantitative estimate of drug-likeness (QED) is 0.922. The van der Waals surface area contributed by atoms with Crippen molar-refractivity contribution in [1.82, 2.24) is 5.32 Å². The minimum Gasteiger partial charge on any atom is -0.493 e. The summed E-state index contributed by atoms with van der Waals surface area (Å²) in [4.78, 5) is 12.1. The highest BCUT2D eigenvalue weighted by Crippen LogP contribution is 2.27. The van der Waals surface area contributed by atoms with Crippen LogP contribution in [0.5, 0.6) is 11.5 Å². The molecule has 0 aliphatic carbocycles. The molecular formula is C16H16ClNO3. The summed E-state index contributed by atoms with van der Waals surface area (Å²) in [5, 5.41) is 3.45. The Morgan fingerprint density at radius 3 is 2.48 bits per heavy atom. The second-order valence-electron chi connectivity index (χ2n) is 4.34. The van der Waals surface area contributed by atoms with Crippen LogP contribution in [0, 0.1) is 0 Å². The van der Waals surface area contributed by atoms with Crippen molar-refractivity contribution < 1.29 is 14.3 Å². The van der Waals surface area contributed by atoms with Crippen LogP contribution in [-0.2, 0) is 6.54 Å².